The molecule has 36 heavy (non-hydrogen) atoms. The topological polar surface area (TPSA) is 132 Å². The number of ether oxygens (including phenoxy) is 1. The summed E-state index contributed by atoms with van der Waals surface area (Å²) < 4.78 is 50.6. The average molecular weight is 503 g/mol. The first-order chi connectivity index (χ1) is 17.1. The molecular formula is C24H24F3N5O4. The summed E-state index contributed by atoms with van der Waals surface area (Å²) in [6.45, 7) is 0.121. The number of aromatic nitrogens is 2. The van der Waals surface area contributed by atoms with E-state index in [1.165, 1.54) is 19.2 Å². The van der Waals surface area contributed by atoms with E-state index in [0.717, 1.165) is 31.7 Å². The molecule has 9 nitrogen and oxygen atoms in total. The number of nitrogens with one attached hydrogen (secondary N) is 2. The van der Waals surface area contributed by atoms with Gasteiger partial charge in [0.05, 0.1) is 19.2 Å². The maximum Gasteiger partial charge on any atom is 0.433 e. The van der Waals surface area contributed by atoms with Crippen LogP contribution in [-0.2, 0) is 17.5 Å². The third-order valence-corrected chi connectivity index (χ3v) is 6.44. The van der Waals surface area contributed by atoms with Gasteiger partial charge in [-0.3, -0.25) is 9.59 Å². The number of halogens is 3. The summed E-state index contributed by atoms with van der Waals surface area (Å²) in [5, 5.41) is 6.12. The van der Waals surface area contributed by atoms with Gasteiger partial charge in [-0.25, -0.2) is 9.97 Å². The zero-order chi connectivity index (χ0) is 25.7. The Balaban J connectivity index is 1.42. The van der Waals surface area contributed by atoms with Crippen LogP contribution in [0.4, 0.5) is 13.2 Å². The smallest absolute Gasteiger partial charge is 0.433 e. The molecule has 2 amide bonds. The Hall–Kier alpha value is -3.67. The van der Waals surface area contributed by atoms with Gasteiger partial charge in [0.2, 0.25) is 11.8 Å². The second-order valence-electron chi connectivity index (χ2n) is 9.13. The summed E-state index contributed by atoms with van der Waals surface area (Å²) in [5.74, 6) is -0.154. The van der Waals surface area contributed by atoms with Crippen molar-refractivity contribution in [2.24, 2.45) is 11.7 Å². The Bertz CT molecular complexity index is 1350. The highest BCUT2D eigenvalue weighted by Crippen LogP contribution is 2.39. The van der Waals surface area contributed by atoms with Gasteiger partial charge in [-0.2, -0.15) is 13.2 Å². The largest absolute Gasteiger partial charge is 0.494 e. The van der Waals surface area contributed by atoms with Crippen molar-refractivity contribution in [1.82, 2.24) is 20.6 Å². The van der Waals surface area contributed by atoms with E-state index in [1.807, 2.05) is 0 Å². The molecule has 2 saturated carbocycles. The van der Waals surface area contributed by atoms with E-state index < -0.39 is 23.3 Å². The molecule has 5 rings (SSSR count). The van der Waals surface area contributed by atoms with Crippen molar-refractivity contribution >= 4 is 22.7 Å². The van der Waals surface area contributed by atoms with Gasteiger partial charge in [-0.15, -0.1) is 0 Å². The van der Waals surface area contributed by atoms with Crippen LogP contribution in [0.15, 0.2) is 28.7 Å². The first-order valence-corrected chi connectivity index (χ1v) is 11.5. The molecule has 2 heterocycles. The number of rotatable bonds is 8. The van der Waals surface area contributed by atoms with Crippen LogP contribution in [0.2, 0.25) is 0 Å². The maximum absolute atomic E-state index is 13.2. The fourth-order valence-corrected chi connectivity index (χ4v) is 4.02. The average Bonchev–Trinajstić information content (AvgIpc) is 3.79. The number of pyridine rings is 1. The number of carbonyl (C=O) groups is 2. The zero-order valence-corrected chi connectivity index (χ0v) is 19.4. The van der Waals surface area contributed by atoms with E-state index in [-0.39, 0.29) is 53.5 Å². The molecule has 2 aliphatic carbocycles. The minimum Gasteiger partial charge on any atom is -0.494 e. The number of fused-ring (bicyclic) bond motifs is 1. The number of hydrogen-bond donors (Lipinski definition) is 3. The molecule has 4 N–H and O–H groups in total. The summed E-state index contributed by atoms with van der Waals surface area (Å²) >= 11 is 0. The number of oxazole rings is 1. The number of nitrogens with two attached hydrogens (primary N) is 1. The number of hydrogen-bond acceptors (Lipinski definition) is 7. The van der Waals surface area contributed by atoms with E-state index in [0.29, 0.717) is 10.9 Å². The highest BCUT2D eigenvalue weighted by molar-refractivity contribution is 5.98. The van der Waals surface area contributed by atoms with E-state index in [9.17, 15) is 22.8 Å². The molecule has 190 valence electrons. The number of amides is 2. The van der Waals surface area contributed by atoms with Gasteiger partial charge in [0, 0.05) is 23.4 Å². The standard InChI is InChI=1S/C24H24F3N5O4/c1-35-15-6-4-14(13-5-7-17(24(25,26)27)30-18(13)15)22-31-19(16(10-28)36-22)21(34)29-11-23(8-9-23)32-20(33)12-2-3-12/h4-7,12H,2-3,8-11,28H2,1H3,(H,29,34)(H,32,33). The van der Waals surface area contributed by atoms with Gasteiger partial charge in [0.15, 0.2) is 11.5 Å². The van der Waals surface area contributed by atoms with Crippen LogP contribution in [-0.4, -0.2) is 41.0 Å². The van der Waals surface area contributed by atoms with Crippen molar-refractivity contribution in [1.29, 1.82) is 0 Å². The number of carbonyl (C=O) groups excluding carboxylic acids is 2. The molecule has 0 unspecified atom stereocenters. The molecule has 12 heteroatoms. The fraction of sp³-hybridized carbons (Fsp3) is 0.417. The van der Waals surface area contributed by atoms with Gasteiger partial charge >= 0.3 is 6.18 Å². The third-order valence-electron chi connectivity index (χ3n) is 6.44. The molecule has 0 bridgehead atoms. The van der Waals surface area contributed by atoms with Crippen molar-refractivity contribution in [3.05, 3.63) is 41.4 Å². The van der Waals surface area contributed by atoms with Crippen molar-refractivity contribution in [3.8, 4) is 17.2 Å². The Morgan fingerprint density at radius 2 is 1.94 bits per heavy atom. The Morgan fingerprint density at radius 3 is 2.56 bits per heavy atom. The molecule has 3 aromatic rings. The molecule has 0 spiro atoms. The Morgan fingerprint density at radius 1 is 1.19 bits per heavy atom. The predicted molar refractivity (Wildman–Crippen MR) is 122 cm³/mol. The summed E-state index contributed by atoms with van der Waals surface area (Å²) in [6.07, 6.45) is -1.31. The third kappa shape index (κ3) is 4.60. The van der Waals surface area contributed by atoms with Crippen molar-refractivity contribution in [3.63, 3.8) is 0 Å². The molecule has 0 atom stereocenters. The summed E-state index contributed by atoms with van der Waals surface area (Å²) in [5.41, 5.74) is 4.55. The summed E-state index contributed by atoms with van der Waals surface area (Å²) in [6, 6.07) is 5.14. The van der Waals surface area contributed by atoms with Crippen molar-refractivity contribution in [2.45, 2.75) is 43.9 Å². The minimum absolute atomic E-state index is 0.0120. The first-order valence-electron chi connectivity index (χ1n) is 11.5. The van der Waals surface area contributed by atoms with E-state index in [4.69, 9.17) is 14.9 Å². The minimum atomic E-state index is -4.63. The lowest BCUT2D eigenvalue weighted by atomic mass is 10.1. The second kappa shape index (κ2) is 8.77. The number of nitrogens with zero attached hydrogens (tertiary/aromatic N) is 2. The van der Waals surface area contributed by atoms with E-state index >= 15 is 0 Å². The van der Waals surface area contributed by atoms with Gasteiger partial charge in [-0.1, -0.05) is 0 Å². The lowest BCUT2D eigenvalue weighted by Crippen LogP contribution is -2.46. The lowest BCUT2D eigenvalue weighted by Gasteiger charge is -2.17. The highest BCUT2D eigenvalue weighted by atomic mass is 19.4. The number of methoxy groups -OCH3 is 1. The quantitative estimate of drug-likeness (QED) is 0.430. The van der Waals surface area contributed by atoms with Crippen LogP contribution >= 0.6 is 0 Å². The fourth-order valence-electron chi connectivity index (χ4n) is 4.02. The molecule has 2 aromatic heterocycles. The highest BCUT2D eigenvalue weighted by Gasteiger charge is 2.46. The molecule has 2 fully saturated rings. The lowest BCUT2D eigenvalue weighted by molar-refractivity contribution is -0.141. The monoisotopic (exact) mass is 503 g/mol. The summed E-state index contributed by atoms with van der Waals surface area (Å²) in [7, 11) is 1.33. The first kappa shape index (κ1) is 24.0. The number of benzene rings is 1. The summed E-state index contributed by atoms with van der Waals surface area (Å²) in [4.78, 5) is 33.1. The van der Waals surface area contributed by atoms with Crippen LogP contribution in [0, 0.1) is 5.92 Å². The molecule has 0 radical (unpaired) electrons. The SMILES string of the molecule is COc1ccc(-c2nc(C(=O)NCC3(NC(=O)C4CC4)CC3)c(CN)o2)c2ccc(C(F)(F)F)nc12. The van der Waals surface area contributed by atoms with Crippen LogP contribution in [0.3, 0.4) is 0 Å². The maximum atomic E-state index is 13.2. The van der Waals surface area contributed by atoms with Crippen LogP contribution in [0.1, 0.15) is 47.6 Å². The van der Waals surface area contributed by atoms with E-state index in [2.05, 4.69) is 20.6 Å². The van der Waals surface area contributed by atoms with Gasteiger partial charge < -0.3 is 25.5 Å². The molecule has 2 aliphatic rings. The van der Waals surface area contributed by atoms with Crippen molar-refractivity contribution in [2.75, 3.05) is 13.7 Å². The van der Waals surface area contributed by atoms with Gasteiger partial charge in [0.1, 0.15) is 17.0 Å². The molecule has 0 saturated heterocycles. The second-order valence-corrected chi connectivity index (χ2v) is 9.13. The van der Waals surface area contributed by atoms with Crippen LogP contribution < -0.4 is 21.1 Å². The molecule has 1 aromatic carbocycles. The van der Waals surface area contributed by atoms with Gasteiger partial charge in [0.25, 0.3) is 5.91 Å². The number of alkyl halides is 3. The van der Waals surface area contributed by atoms with Crippen molar-refractivity contribution < 1.29 is 31.9 Å². The van der Waals surface area contributed by atoms with Crippen LogP contribution in [0.25, 0.3) is 22.4 Å². The molecule has 0 aliphatic heterocycles. The zero-order valence-electron chi connectivity index (χ0n) is 19.4. The van der Waals surface area contributed by atoms with Gasteiger partial charge in [-0.05, 0) is 49.9 Å². The Kier molecular flexibility index (Phi) is 5.86. The molecular weight excluding hydrogens is 479 g/mol. The normalized spacial score (nSPS) is 16.6. The van der Waals surface area contributed by atoms with Crippen LogP contribution in [0.5, 0.6) is 5.75 Å². The predicted octanol–water partition coefficient (Wildman–Crippen LogP) is 3.16. The van der Waals surface area contributed by atoms with E-state index in [1.54, 1.807) is 6.07 Å². The Labute approximate surface area is 203 Å².